The molecule has 119 valence electrons. The van der Waals surface area contributed by atoms with Crippen molar-refractivity contribution in [2.24, 2.45) is 21.1 Å². The van der Waals surface area contributed by atoms with Gasteiger partial charge in [-0.2, -0.15) is 0 Å². The number of hydrogen-bond donors (Lipinski definition) is 0. The third kappa shape index (κ3) is 7.57. The first-order valence-corrected chi connectivity index (χ1v) is 6.70. The van der Waals surface area contributed by atoms with E-state index < -0.39 is 0 Å². The molecule has 3 aromatic rings. The summed E-state index contributed by atoms with van der Waals surface area (Å²) >= 11 is 0. The molecule has 0 bridgehead atoms. The minimum atomic E-state index is 0. The minimum absolute atomic E-state index is 0. The number of imidazole rings is 3. The molecule has 0 aliphatic carbocycles. The Labute approximate surface area is 164 Å². The Balaban J connectivity index is 0.000000310. The average molecular weight is 385 g/mol. The quantitative estimate of drug-likeness (QED) is 0.469. The first kappa shape index (κ1) is 21.5. The molecule has 0 saturated carbocycles. The first-order valence-electron chi connectivity index (χ1n) is 6.70. The number of hydrogen-bond acceptors (Lipinski definition) is 3. The molecule has 0 aliphatic rings. The number of aryl methyl sites for hydroxylation is 3. The van der Waals surface area contributed by atoms with Gasteiger partial charge >= 0.3 is 0 Å². The van der Waals surface area contributed by atoms with Gasteiger partial charge in [0.25, 0.3) is 0 Å². The Hall–Kier alpha value is -1.46. The first-order chi connectivity index (χ1) is 10.5. The summed E-state index contributed by atoms with van der Waals surface area (Å²) in [6.45, 7) is 7.26. The van der Waals surface area contributed by atoms with Gasteiger partial charge in [-0.3, -0.25) is 9.97 Å². The average Bonchev–Trinajstić information content (AvgIpc) is 3.18. The normalized spacial score (nSPS) is 9.00. The molecule has 3 radical (unpaired) electrons. The Morgan fingerprint density at radius 2 is 1.22 bits per heavy atom. The van der Waals surface area contributed by atoms with E-state index >= 15 is 0 Å². The van der Waals surface area contributed by atoms with E-state index in [-0.39, 0.29) is 32.7 Å². The van der Waals surface area contributed by atoms with Crippen LogP contribution in [0.3, 0.4) is 0 Å². The van der Waals surface area contributed by atoms with Crippen LogP contribution in [-0.4, -0.2) is 36.5 Å². The molecule has 0 aliphatic heterocycles. The maximum atomic E-state index is 5.31. The molecule has 0 amide bonds. The molecule has 0 atom stereocenters. The van der Waals surface area contributed by atoms with Crippen LogP contribution in [0.5, 0.6) is 0 Å². The SMILES string of the molecule is [B]Cc1nccn1C.[CH2-]c1nccn1C.[CH2-]c1nccn1C.[Y]. The predicted molar refractivity (Wildman–Crippen MR) is 88.0 cm³/mol. The van der Waals surface area contributed by atoms with Gasteiger partial charge in [-0.25, -0.2) is 4.98 Å². The number of aromatic nitrogens is 6. The molecule has 3 aromatic heterocycles. The van der Waals surface area contributed by atoms with E-state index in [4.69, 9.17) is 7.85 Å². The second-order valence-corrected chi connectivity index (χ2v) is 4.57. The molecule has 6 nitrogen and oxygen atoms in total. The van der Waals surface area contributed by atoms with Crippen LogP contribution in [0.15, 0.2) is 37.2 Å². The van der Waals surface area contributed by atoms with Crippen LogP contribution in [0.4, 0.5) is 0 Å². The fourth-order valence-electron chi connectivity index (χ4n) is 1.39. The fraction of sp³-hybridized carbons (Fsp3) is 0.267. The molecule has 0 saturated heterocycles. The zero-order valence-electron chi connectivity index (χ0n) is 13.9. The zero-order chi connectivity index (χ0) is 16.5. The van der Waals surface area contributed by atoms with Crippen molar-refractivity contribution in [2.75, 3.05) is 0 Å². The van der Waals surface area contributed by atoms with Crippen LogP contribution in [0.25, 0.3) is 0 Å². The molecule has 8 heteroatoms. The number of rotatable bonds is 1. The molecule has 3 heterocycles. The third-order valence-electron chi connectivity index (χ3n) is 2.95. The van der Waals surface area contributed by atoms with Crippen LogP contribution in [0.2, 0.25) is 0 Å². The summed E-state index contributed by atoms with van der Waals surface area (Å²) in [4.78, 5) is 11.7. The van der Waals surface area contributed by atoms with E-state index in [1.165, 1.54) is 0 Å². The topological polar surface area (TPSA) is 53.5 Å². The molecular formula is C15H21BN6Y-2. The van der Waals surface area contributed by atoms with Gasteiger partial charge in [-0.05, 0) is 18.0 Å². The van der Waals surface area contributed by atoms with E-state index in [0.717, 1.165) is 17.5 Å². The van der Waals surface area contributed by atoms with Crippen molar-refractivity contribution in [1.29, 1.82) is 0 Å². The van der Waals surface area contributed by atoms with Crippen molar-refractivity contribution in [2.45, 2.75) is 6.32 Å². The van der Waals surface area contributed by atoms with Gasteiger partial charge in [0.1, 0.15) is 0 Å². The van der Waals surface area contributed by atoms with Crippen molar-refractivity contribution in [3.8, 4) is 0 Å². The summed E-state index contributed by atoms with van der Waals surface area (Å²) in [7, 11) is 11.1. The molecule has 0 N–H and O–H groups in total. The van der Waals surface area contributed by atoms with Gasteiger partial charge in [0.15, 0.2) is 0 Å². The van der Waals surface area contributed by atoms with Crippen LogP contribution in [-0.2, 0) is 60.2 Å². The monoisotopic (exact) mass is 385 g/mol. The minimum Gasteiger partial charge on any atom is -0.364 e. The van der Waals surface area contributed by atoms with E-state index in [1.54, 1.807) is 18.6 Å². The third-order valence-corrected chi connectivity index (χ3v) is 2.95. The summed E-state index contributed by atoms with van der Waals surface area (Å²) in [6.07, 6.45) is 11.3. The Morgan fingerprint density at radius 1 is 0.826 bits per heavy atom. The summed E-state index contributed by atoms with van der Waals surface area (Å²) in [5, 5.41) is 0. The maximum absolute atomic E-state index is 5.31. The van der Waals surface area contributed by atoms with Crippen LogP contribution in [0, 0.1) is 13.8 Å². The van der Waals surface area contributed by atoms with Gasteiger partial charge in [0.05, 0.1) is 13.7 Å². The fourth-order valence-corrected chi connectivity index (χ4v) is 1.39. The van der Waals surface area contributed by atoms with E-state index in [1.807, 2.05) is 53.4 Å². The van der Waals surface area contributed by atoms with Crippen molar-refractivity contribution in [3.63, 3.8) is 0 Å². The Bertz CT molecular complexity index is 602. The van der Waals surface area contributed by atoms with Crippen molar-refractivity contribution in [1.82, 2.24) is 28.7 Å². The summed E-state index contributed by atoms with van der Waals surface area (Å²) in [5.41, 5.74) is 0. The molecule has 0 spiro atoms. The smallest absolute Gasteiger partial charge is 0.0992 e. The van der Waals surface area contributed by atoms with Crippen molar-refractivity contribution >= 4 is 7.85 Å². The van der Waals surface area contributed by atoms with Crippen molar-refractivity contribution < 1.29 is 32.7 Å². The van der Waals surface area contributed by atoms with Crippen LogP contribution in [0.1, 0.15) is 17.5 Å². The molecule has 23 heavy (non-hydrogen) atoms. The van der Waals surface area contributed by atoms with Gasteiger partial charge < -0.3 is 27.5 Å². The molecule has 0 fully saturated rings. The number of nitrogens with zero attached hydrogens (tertiary/aromatic N) is 6. The molecule has 3 rings (SSSR count). The zero-order valence-corrected chi connectivity index (χ0v) is 16.8. The second kappa shape index (κ2) is 11.1. The van der Waals surface area contributed by atoms with Crippen molar-refractivity contribution in [3.05, 3.63) is 68.5 Å². The van der Waals surface area contributed by atoms with Gasteiger partial charge in [0, 0.05) is 91.0 Å². The molecule has 0 unspecified atom stereocenters. The summed E-state index contributed by atoms with van der Waals surface area (Å²) in [6, 6.07) is 0. The van der Waals surface area contributed by atoms with Crippen LogP contribution < -0.4 is 0 Å². The Kier molecular flexibility index (Phi) is 10.4. The van der Waals surface area contributed by atoms with Crippen LogP contribution >= 0.6 is 0 Å². The van der Waals surface area contributed by atoms with E-state index in [0.29, 0.717) is 6.32 Å². The Morgan fingerprint density at radius 3 is 1.35 bits per heavy atom. The molecule has 0 aromatic carbocycles. The maximum Gasteiger partial charge on any atom is 0.0992 e. The largest absolute Gasteiger partial charge is 0.364 e. The van der Waals surface area contributed by atoms with E-state index in [2.05, 4.69) is 28.8 Å². The predicted octanol–water partition coefficient (Wildman–Crippen LogP) is 1.29. The van der Waals surface area contributed by atoms with Gasteiger partial charge in [-0.15, -0.1) is 0 Å². The standard InChI is InChI=1S/C5H7BN2.2C5H7N2.Y/c1-8-3-2-7-5(8)4-6;2*1-5-6-3-4-7(5)2;/h2-3H,4H2,1H3;2*3-4H,1H2,2H3;/q;2*-1;. The summed E-state index contributed by atoms with van der Waals surface area (Å²) in [5.74, 6) is 2.53. The van der Waals surface area contributed by atoms with Gasteiger partial charge in [0.2, 0.25) is 0 Å². The molecular weight excluding hydrogens is 364 g/mol. The second-order valence-electron chi connectivity index (χ2n) is 4.57. The van der Waals surface area contributed by atoms with E-state index in [9.17, 15) is 0 Å². The summed E-state index contributed by atoms with van der Waals surface area (Å²) < 4.78 is 5.62. The van der Waals surface area contributed by atoms with Gasteiger partial charge in [-0.1, -0.05) is 0 Å².